The predicted molar refractivity (Wildman–Crippen MR) is 83.5 cm³/mol. The summed E-state index contributed by atoms with van der Waals surface area (Å²) >= 11 is 1.87. The van der Waals surface area contributed by atoms with Gasteiger partial charge >= 0.3 is 6.09 Å². The van der Waals surface area contributed by atoms with E-state index in [1.807, 2.05) is 39.2 Å². The quantitative estimate of drug-likeness (QED) is 0.824. The summed E-state index contributed by atoms with van der Waals surface area (Å²) < 4.78 is 5.47. The first kappa shape index (κ1) is 15.4. The zero-order valence-corrected chi connectivity index (χ0v) is 14.0. The first-order valence-electron chi connectivity index (χ1n) is 7.35. The Labute approximate surface area is 125 Å². The van der Waals surface area contributed by atoms with Crippen LogP contribution in [0.3, 0.4) is 0 Å². The van der Waals surface area contributed by atoms with Crippen molar-refractivity contribution in [2.45, 2.75) is 65.0 Å². The number of nitrogens with zero attached hydrogens (tertiary/aromatic N) is 1. The number of likely N-dealkylation sites (N-methyl/N-ethyl adjacent to an activating group) is 1. The number of aryl methyl sites for hydroxylation is 2. The normalized spacial score (nSPS) is 18.6. The third-order valence-corrected chi connectivity index (χ3v) is 4.96. The molecular weight excluding hydrogens is 270 g/mol. The average molecular weight is 295 g/mol. The molecule has 0 bridgehead atoms. The average Bonchev–Trinajstić information content (AvgIpc) is 2.77. The van der Waals surface area contributed by atoms with Gasteiger partial charge in [0.1, 0.15) is 5.60 Å². The third kappa shape index (κ3) is 3.35. The van der Waals surface area contributed by atoms with E-state index >= 15 is 0 Å². The Balaban J connectivity index is 2.06. The number of amides is 1. The summed E-state index contributed by atoms with van der Waals surface area (Å²) in [5.74, 6) is 0. The van der Waals surface area contributed by atoms with Crippen LogP contribution in [-0.4, -0.2) is 29.7 Å². The van der Waals surface area contributed by atoms with Crippen molar-refractivity contribution in [1.29, 1.82) is 0 Å². The van der Waals surface area contributed by atoms with E-state index in [4.69, 9.17) is 4.74 Å². The topological polar surface area (TPSA) is 29.5 Å². The zero-order valence-electron chi connectivity index (χ0n) is 13.2. The van der Waals surface area contributed by atoms with Crippen molar-refractivity contribution in [2.24, 2.45) is 0 Å². The first-order valence-corrected chi connectivity index (χ1v) is 8.23. The van der Waals surface area contributed by atoms with Crippen molar-refractivity contribution in [1.82, 2.24) is 4.90 Å². The Morgan fingerprint density at radius 2 is 2.20 bits per heavy atom. The van der Waals surface area contributed by atoms with Gasteiger partial charge in [-0.05, 0) is 63.0 Å². The molecule has 0 aliphatic heterocycles. The highest BCUT2D eigenvalue weighted by molar-refractivity contribution is 7.10. The summed E-state index contributed by atoms with van der Waals surface area (Å²) in [4.78, 5) is 15.5. The van der Waals surface area contributed by atoms with Crippen LogP contribution in [0.5, 0.6) is 0 Å². The lowest BCUT2D eigenvalue weighted by atomic mass is 9.90. The van der Waals surface area contributed by atoms with Crippen LogP contribution in [0.2, 0.25) is 0 Å². The molecule has 0 spiro atoms. The number of hydrogen-bond acceptors (Lipinski definition) is 3. The van der Waals surface area contributed by atoms with Gasteiger partial charge in [0.15, 0.2) is 0 Å². The van der Waals surface area contributed by atoms with Crippen molar-refractivity contribution in [2.75, 3.05) is 7.05 Å². The standard InChI is InChI=1S/C16H25NO2S/c1-6-11-10-20-14-8-7-12(9-13(11)14)17(5)15(18)19-16(2,3)4/h10,12H,6-9H2,1-5H3. The van der Waals surface area contributed by atoms with Gasteiger partial charge in [-0.1, -0.05) is 6.92 Å². The molecule has 1 unspecified atom stereocenters. The van der Waals surface area contributed by atoms with E-state index < -0.39 is 5.60 Å². The van der Waals surface area contributed by atoms with Gasteiger partial charge in [0.2, 0.25) is 0 Å². The number of carbonyl (C=O) groups excluding carboxylic acids is 1. The Morgan fingerprint density at radius 3 is 2.80 bits per heavy atom. The van der Waals surface area contributed by atoms with Crippen LogP contribution in [0.1, 0.15) is 50.1 Å². The minimum Gasteiger partial charge on any atom is -0.444 e. The smallest absolute Gasteiger partial charge is 0.410 e. The van der Waals surface area contributed by atoms with E-state index in [0.717, 1.165) is 25.7 Å². The van der Waals surface area contributed by atoms with Crippen LogP contribution in [0, 0.1) is 0 Å². The van der Waals surface area contributed by atoms with E-state index in [9.17, 15) is 4.79 Å². The fourth-order valence-corrected chi connectivity index (χ4v) is 3.85. The second-order valence-electron chi connectivity index (χ2n) is 6.50. The van der Waals surface area contributed by atoms with E-state index in [0.29, 0.717) is 0 Å². The Hall–Kier alpha value is -1.03. The molecular formula is C16H25NO2S. The molecule has 0 fully saturated rings. The van der Waals surface area contributed by atoms with E-state index in [1.165, 1.54) is 16.0 Å². The lowest BCUT2D eigenvalue weighted by molar-refractivity contribution is 0.0210. The predicted octanol–water partition coefficient (Wildman–Crippen LogP) is 4.03. The van der Waals surface area contributed by atoms with Crippen molar-refractivity contribution in [3.8, 4) is 0 Å². The molecule has 0 radical (unpaired) electrons. The summed E-state index contributed by atoms with van der Waals surface area (Å²) in [6.45, 7) is 7.92. The van der Waals surface area contributed by atoms with Crippen LogP contribution >= 0.6 is 11.3 Å². The highest BCUT2D eigenvalue weighted by Crippen LogP contribution is 2.32. The van der Waals surface area contributed by atoms with E-state index in [-0.39, 0.29) is 12.1 Å². The maximum Gasteiger partial charge on any atom is 0.410 e. The van der Waals surface area contributed by atoms with Gasteiger partial charge in [0.05, 0.1) is 0 Å². The van der Waals surface area contributed by atoms with Crippen LogP contribution in [0.25, 0.3) is 0 Å². The van der Waals surface area contributed by atoms with Crippen molar-refractivity contribution in [3.05, 3.63) is 21.4 Å². The molecule has 4 heteroatoms. The minimum atomic E-state index is -0.428. The second kappa shape index (κ2) is 5.76. The van der Waals surface area contributed by atoms with Gasteiger partial charge in [0, 0.05) is 18.0 Å². The largest absolute Gasteiger partial charge is 0.444 e. The maximum absolute atomic E-state index is 12.2. The van der Waals surface area contributed by atoms with Crippen LogP contribution < -0.4 is 0 Å². The Kier molecular flexibility index (Phi) is 4.43. The summed E-state index contributed by atoms with van der Waals surface area (Å²) in [6.07, 6.45) is 3.95. The molecule has 1 amide bonds. The molecule has 3 nitrogen and oxygen atoms in total. The maximum atomic E-state index is 12.2. The van der Waals surface area contributed by atoms with Crippen LogP contribution in [0.15, 0.2) is 5.38 Å². The molecule has 1 heterocycles. The summed E-state index contributed by atoms with van der Waals surface area (Å²) in [5.41, 5.74) is 2.50. The first-order chi connectivity index (χ1) is 9.31. The monoisotopic (exact) mass is 295 g/mol. The molecule has 1 aromatic rings. The lowest BCUT2D eigenvalue weighted by Gasteiger charge is -2.33. The number of thiophene rings is 1. The van der Waals surface area contributed by atoms with Gasteiger partial charge in [-0.15, -0.1) is 11.3 Å². The zero-order chi connectivity index (χ0) is 14.9. The molecule has 0 saturated heterocycles. The molecule has 1 atom stereocenters. The molecule has 0 N–H and O–H groups in total. The Bertz CT molecular complexity index is 474. The van der Waals surface area contributed by atoms with Gasteiger partial charge in [0.25, 0.3) is 0 Å². The number of hydrogen-bond donors (Lipinski definition) is 0. The highest BCUT2D eigenvalue weighted by Gasteiger charge is 2.29. The number of carbonyl (C=O) groups is 1. The summed E-state index contributed by atoms with van der Waals surface area (Å²) in [5, 5.41) is 2.28. The van der Waals surface area contributed by atoms with Crippen molar-refractivity contribution in [3.63, 3.8) is 0 Å². The molecule has 0 saturated carbocycles. The SMILES string of the molecule is CCc1csc2c1CC(N(C)C(=O)OC(C)(C)C)CC2. The van der Waals surface area contributed by atoms with Crippen molar-refractivity contribution < 1.29 is 9.53 Å². The highest BCUT2D eigenvalue weighted by atomic mass is 32.1. The molecule has 1 aromatic heterocycles. The molecule has 1 aliphatic rings. The molecule has 2 rings (SSSR count). The fourth-order valence-electron chi connectivity index (χ4n) is 2.66. The van der Waals surface area contributed by atoms with Crippen molar-refractivity contribution >= 4 is 17.4 Å². The summed E-state index contributed by atoms with van der Waals surface area (Å²) in [6, 6.07) is 0.261. The van der Waals surface area contributed by atoms with Gasteiger partial charge in [-0.2, -0.15) is 0 Å². The van der Waals surface area contributed by atoms with Gasteiger partial charge in [-0.25, -0.2) is 4.79 Å². The van der Waals surface area contributed by atoms with Crippen LogP contribution in [0.4, 0.5) is 4.79 Å². The minimum absolute atomic E-state index is 0.209. The number of fused-ring (bicyclic) bond motifs is 1. The van der Waals surface area contributed by atoms with E-state index in [1.54, 1.807) is 4.90 Å². The molecule has 0 aromatic carbocycles. The summed E-state index contributed by atoms with van der Waals surface area (Å²) in [7, 11) is 1.86. The second-order valence-corrected chi connectivity index (χ2v) is 7.47. The number of ether oxygens (including phenoxy) is 1. The van der Waals surface area contributed by atoms with E-state index in [2.05, 4.69) is 12.3 Å². The lowest BCUT2D eigenvalue weighted by Crippen LogP contribution is -2.43. The third-order valence-electron chi connectivity index (χ3n) is 3.82. The van der Waals surface area contributed by atoms with Gasteiger partial charge < -0.3 is 9.64 Å². The molecule has 112 valence electrons. The van der Waals surface area contributed by atoms with Gasteiger partial charge in [-0.3, -0.25) is 0 Å². The number of rotatable bonds is 2. The molecule has 20 heavy (non-hydrogen) atoms. The fraction of sp³-hybridized carbons (Fsp3) is 0.688. The molecule has 1 aliphatic carbocycles. The Morgan fingerprint density at radius 1 is 1.50 bits per heavy atom. The van der Waals surface area contributed by atoms with Crippen LogP contribution in [-0.2, 0) is 24.0 Å².